The van der Waals surface area contributed by atoms with E-state index in [1.54, 1.807) is 0 Å². The number of carbonyl (C=O) groups is 3. The SMILES string of the molecule is O=C(CN(Cc1ccc(F)cc1)C(=O)c1cnn([C@H]2C[C@@H](C(=O)O)C2)c1C(F)(F)F)c1c(Cl)cncc1Cl. The van der Waals surface area contributed by atoms with E-state index in [4.69, 9.17) is 28.3 Å². The lowest BCUT2D eigenvalue weighted by molar-refractivity contribution is -0.150. The van der Waals surface area contributed by atoms with Crippen molar-refractivity contribution in [1.29, 1.82) is 0 Å². The maximum absolute atomic E-state index is 14.1. The lowest BCUT2D eigenvalue weighted by atomic mass is 9.80. The summed E-state index contributed by atoms with van der Waals surface area (Å²) in [4.78, 5) is 42.3. The average molecular weight is 573 g/mol. The zero-order valence-corrected chi connectivity index (χ0v) is 20.8. The lowest BCUT2D eigenvalue weighted by Gasteiger charge is -2.33. The number of aromatic nitrogens is 3. The van der Waals surface area contributed by atoms with Gasteiger partial charge in [-0.05, 0) is 30.5 Å². The zero-order chi connectivity index (χ0) is 27.8. The van der Waals surface area contributed by atoms with E-state index < -0.39 is 59.4 Å². The highest BCUT2D eigenvalue weighted by molar-refractivity contribution is 6.39. The summed E-state index contributed by atoms with van der Waals surface area (Å²) >= 11 is 12.1. The highest BCUT2D eigenvalue weighted by atomic mass is 35.5. The van der Waals surface area contributed by atoms with Crippen molar-refractivity contribution in [1.82, 2.24) is 19.7 Å². The van der Waals surface area contributed by atoms with Gasteiger partial charge >= 0.3 is 12.1 Å². The Morgan fingerprint density at radius 1 is 1.05 bits per heavy atom. The number of carbonyl (C=O) groups excluding carboxylic acids is 2. The second-order valence-corrected chi connectivity index (χ2v) is 9.51. The molecular formula is C24H18Cl2F4N4O4. The summed E-state index contributed by atoms with van der Waals surface area (Å²) in [7, 11) is 0. The van der Waals surface area contributed by atoms with E-state index in [1.165, 1.54) is 12.1 Å². The topological polar surface area (TPSA) is 105 Å². The lowest BCUT2D eigenvalue weighted by Crippen LogP contribution is -2.38. The molecule has 0 bridgehead atoms. The quantitative estimate of drug-likeness (QED) is 0.290. The molecule has 2 heterocycles. The van der Waals surface area contributed by atoms with Crippen molar-refractivity contribution in [3.63, 3.8) is 0 Å². The van der Waals surface area contributed by atoms with Gasteiger partial charge in [0, 0.05) is 18.9 Å². The predicted molar refractivity (Wildman–Crippen MR) is 126 cm³/mol. The summed E-state index contributed by atoms with van der Waals surface area (Å²) in [6.45, 7) is -1.06. The molecule has 1 aliphatic carbocycles. The third kappa shape index (κ3) is 5.65. The van der Waals surface area contributed by atoms with Crippen LogP contribution in [0.15, 0.2) is 42.9 Å². The molecule has 14 heteroatoms. The van der Waals surface area contributed by atoms with Crippen LogP contribution in [0, 0.1) is 11.7 Å². The average Bonchev–Trinajstić information content (AvgIpc) is 3.23. The number of hydrogen-bond donors (Lipinski definition) is 1. The van der Waals surface area contributed by atoms with Crippen LogP contribution in [0.3, 0.4) is 0 Å². The van der Waals surface area contributed by atoms with Crippen molar-refractivity contribution in [3.8, 4) is 0 Å². The van der Waals surface area contributed by atoms with Crippen molar-refractivity contribution in [2.75, 3.05) is 6.54 Å². The summed E-state index contributed by atoms with van der Waals surface area (Å²) in [5.41, 5.74) is -2.00. The number of pyridine rings is 1. The van der Waals surface area contributed by atoms with Crippen molar-refractivity contribution < 1.29 is 37.1 Å². The Balaban J connectivity index is 1.70. The minimum Gasteiger partial charge on any atom is -0.481 e. The third-order valence-electron chi connectivity index (χ3n) is 6.14. The summed E-state index contributed by atoms with van der Waals surface area (Å²) in [6, 6.07) is 3.98. The first-order chi connectivity index (χ1) is 17.9. The van der Waals surface area contributed by atoms with Gasteiger partial charge in [-0.2, -0.15) is 18.3 Å². The summed E-state index contributed by atoms with van der Waals surface area (Å²) in [5, 5.41) is 12.6. The normalized spacial score (nSPS) is 17.1. The van der Waals surface area contributed by atoms with E-state index in [0.717, 1.165) is 35.6 Å². The molecule has 0 unspecified atom stereocenters. The van der Waals surface area contributed by atoms with E-state index in [-0.39, 0.29) is 35.0 Å². The number of carboxylic acids is 1. The van der Waals surface area contributed by atoms with Crippen LogP contribution >= 0.6 is 23.2 Å². The second-order valence-electron chi connectivity index (χ2n) is 8.70. The third-order valence-corrected chi connectivity index (χ3v) is 6.72. The van der Waals surface area contributed by atoms with Crippen LogP contribution in [0.1, 0.15) is 50.9 Å². The van der Waals surface area contributed by atoms with Gasteiger partial charge in [0.05, 0.1) is 45.9 Å². The standard InChI is InChI=1S/C24H18Cl2F4N4O4/c25-17-8-31-9-18(26)20(17)19(35)11-33(10-12-1-3-14(27)4-2-12)22(36)16-7-32-34(21(16)24(28,29)30)15-5-13(6-15)23(37)38/h1-4,7-9,13,15H,5-6,10-11H2,(H,37,38)/t13-,15+. The molecule has 1 fully saturated rings. The van der Waals surface area contributed by atoms with Gasteiger partial charge in [-0.1, -0.05) is 35.3 Å². The van der Waals surface area contributed by atoms with Crippen LogP contribution in [0.2, 0.25) is 10.0 Å². The Kier molecular flexibility index (Phi) is 7.75. The Morgan fingerprint density at radius 2 is 1.66 bits per heavy atom. The molecule has 8 nitrogen and oxygen atoms in total. The van der Waals surface area contributed by atoms with Gasteiger partial charge in [0.25, 0.3) is 5.91 Å². The molecule has 1 amide bonds. The molecular weight excluding hydrogens is 555 g/mol. The number of alkyl halides is 3. The maximum Gasteiger partial charge on any atom is 0.433 e. The van der Waals surface area contributed by atoms with Gasteiger partial charge < -0.3 is 10.0 Å². The number of hydrogen-bond acceptors (Lipinski definition) is 5. The zero-order valence-electron chi connectivity index (χ0n) is 19.3. The molecule has 1 saturated carbocycles. The Labute approximate surface area is 222 Å². The van der Waals surface area contributed by atoms with Gasteiger partial charge in [-0.15, -0.1) is 0 Å². The molecule has 0 radical (unpaired) electrons. The van der Waals surface area contributed by atoms with Crippen LogP contribution in [0.5, 0.6) is 0 Å². The molecule has 2 aromatic heterocycles. The van der Waals surface area contributed by atoms with E-state index in [1.807, 2.05) is 0 Å². The fourth-order valence-corrected chi connectivity index (χ4v) is 4.75. The molecule has 1 aromatic carbocycles. The predicted octanol–water partition coefficient (Wildman–Crippen LogP) is 5.30. The van der Waals surface area contributed by atoms with Gasteiger partial charge in [-0.3, -0.25) is 24.0 Å². The first-order valence-corrected chi connectivity index (χ1v) is 11.9. The van der Waals surface area contributed by atoms with E-state index in [0.29, 0.717) is 10.2 Å². The molecule has 0 aliphatic heterocycles. The number of nitrogens with zero attached hydrogens (tertiary/aromatic N) is 4. The first-order valence-electron chi connectivity index (χ1n) is 11.1. The van der Waals surface area contributed by atoms with E-state index in [9.17, 15) is 31.9 Å². The van der Waals surface area contributed by atoms with Crippen LogP contribution in [-0.2, 0) is 17.5 Å². The molecule has 0 atom stereocenters. The van der Waals surface area contributed by atoms with Crippen LogP contribution in [0.4, 0.5) is 17.6 Å². The molecule has 1 N–H and O–H groups in total. The minimum absolute atomic E-state index is 0.0788. The van der Waals surface area contributed by atoms with Gasteiger partial charge in [0.2, 0.25) is 0 Å². The number of carboxylic acid groups (broad SMARTS) is 1. The Morgan fingerprint density at radius 3 is 2.21 bits per heavy atom. The number of rotatable bonds is 8. The number of aliphatic carboxylic acids is 1. The summed E-state index contributed by atoms with van der Waals surface area (Å²) < 4.78 is 56.5. The number of benzene rings is 1. The van der Waals surface area contributed by atoms with Crippen molar-refractivity contribution >= 4 is 40.9 Å². The smallest absolute Gasteiger partial charge is 0.433 e. The first kappa shape index (κ1) is 27.5. The highest BCUT2D eigenvalue weighted by Gasteiger charge is 2.46. The van der Waals surface area contributed by atoms with Crippen LogP contribution in [-0.4, -0.2) is 49.0 Å². The Bertz CT molecular complexity index is 1370. The van der Waals surface area contributed by atoms with Crippen molar-refractivity contribution in [3.05, 3.63) is 81.1 Å². The number of halogens is 6. The van der Waals surface area contributed by atoms with Crippen LogP contribution in [0.25, 0.3) is 0 Å². The molecule has 38 heavy (non-hydrogen) atoms. The fourth-order valence-electron chi connectivity index (χ4n) is 4.18. The summed E-state index contributed by atoms with van der Waals surface area (Å²) in [5.74, 6) is -4.44. The van der Waals surface area contributed by atoms with Gasteiger partial charge in [-0.25, -0.2) is 4.39 Å². The Hall–Kier alpha value is -3.51. The monoisotopic (exact) mass is 572 g/mol. The molecule has 200 valence electrons. The van der Waals surface area contributed by atoms with Crippen molar-refractivity contribution in [2.24, 2.45) is 5.92 Å². The maximum atomic E-state index is 14.1. The highest BCUT2D eigenvalue weighted by Crippen LogP contribution is 2.42. The van der Waals surface area contributed by atoms with Gasteiger partial charge in [0.1, 0.15) is 5.82 Å². The summed E-state index contributed by atoms with van der Waals surface area (Å²) in [6.07, 6.45) is -2.12. The molecule has 1 aliphatic rings. The molecule has 3 aromatic rings. The second kappa shape index (κ2) is 10.7. The van der Waals surface area contributed by atoms with Crippen LogP contribution < -0.4 is 0 Å². The van der Waals surface area contributed by atoms with Gasteiger partial charge in [0.15, 0.2) is 11.5 Å². The minimum atomic E-state index is -5.01. The number of Topliss-reactive ketones (excluding diaryl/α,β-unsaturated/α-hetero) is 1. The largest absolute Gasteiger partial charge is 0.481 e. The molecule has 0 saturated heterocycles. The van der Waals surface area contributed by atoms with E-state index in [2.05, 4.69) is 10.1 Å². The fraction of sp³-hybridized carbons (Fsp3) is 0.292. The molecule has 0 spiro atoms. The number of amides is 1. The molecule has 4 rings (SSSR count). The van der Waals surface area contributed by atoms with Crippen molar-refractivity contribution in [2.45, 2.75) is 31.6 Å². The van der Waals surface area contributed by atoms with E-state index >= 15 is 0 Å². The number of ketones is 1.